The number of carbonyl (C=O) groups is 1. The average molecular weight is 258 g/mol. The lowest BCUT2D eigenvalue weighted by Crippen LogP contribution is -2.01. The Labute approximate surface area is 111 Å². The third kappa shape index (κ3) is 3.37. The van der Waals surface area contributed by atoms with Gasteiger partial charge in [-0.15, -0.1) is 0 Å². The zero-order chi connectivity index (χ0) is 13.0. The predicted octanol–water partition coefficient (Wildman–Crippen LogP) is 3.77. The molecule has 3 heteroatoms. The van der Waals surface area contributed by atoms with Crippen molar-refractivity contribution in [2.75, 3.05) is 0 Å². The first-order valence-electron chi connectivity index (χ1n) is 5.69. The zero-order valence-corrected chi connectivity index (χ0v) is 10.9. The Morgan fingerprint density at radius 1 is 1.17 bits per heavy atom. The van der Waals surface area contributed by atoms with Gasteiger partial charge in [0, 0.05) is 9.79 Å². The minimum atomic E-state index is -0.796. The molecular weight excluding hydrogens is 244 g/mol. The van der Waals surface area contributed by atoms with Crippen molar-refractivity contribution < 1.29 is 9.90 Å². The van der Waals surface area contributed by atoms with Crippen LogP contribution in [0.1, 0.15) is 11.1 Å². The highest BCUT2D eigenvalue weighted by atomic mass is 32.2. The molecule has 0 aromatic heterocycles. The molecule has 2 rings (SSSR count). The van der Waals surface area contributed by atoms with Gasteiger partial charge in [0.2, 0.25) is 0 Å². The first-order chi connectivity index (χ1) is 8.65. The monoisotopic (exact) mass is 258 g/mol. The van der Waals surface area contributed by atoms with Gasteiger partial charge >= 0.3 is 5.97 Å². The van der Waals surface area contributed by atoms with E-state index in [0.717, 1.165) is 20.9 Å². The van der Waals surface area contributed by atoms with Gasteiger partial charge in [-0.05, 0) is 30.7 Å². The van der Waals surface area contributed by atoms with Gasteiger partial charge in [-0.3, -0.25) is 4.79 Å². The smallest absolute Gasteiger partial charge is 0.307 e. The molecule has 0 saturated heterocycles. The molecule has 0 unspecified atom stereocenters. The minimum absolute atomic E-state index is 0.0663. The molecule has 2 nitrogen and oxygen atoms in total. The summed E-state index contributed by atoms with van der Waals surface area (Å²) in [6, 6.07) is 15.9. The molecule has 0 bridgehead atoms. The second-order valence-corrected chi connectivity index (χ2v) is 5.21. The minimum Gasteiger partial charge on any atom is -0.481 e. The van der Waals surface area contributed by atoms with Crippen molar-refractivity contribution in [2.24, 2.45) is 0 Å². The number of hydrogen-bond acceptors (Lipinski definition) is 2. The van der Waals surface area contributed by atoms with Crippen LogP contribution in [0.5, 0.6) is 0 Å². The lowest BCUT2D eigenvalue weighted by molar-refractivity contribution is -0.136. The standard InChI is InChI=1S/C15H14O2S/c1-11-7-8-14(12(9-11)10-15(16)17)18-13-5-3-2-4-6-13/h2-9H,10H2,1H3,(H,16,17). The second kappa shape index (κ2) is 5.74. The molecule has 0 aliphatic heterocycles. The van der Waals surface area contributed by atoms with Gasteiger partial charge in [0.15, 0.2) is 0 Å². The highest BCUT2D eigenvalue weighted by Crippen LogP contribution is 2.31. The van der Waals surface area contributed by atoms with Gasteiger partial charge in [0.05, 0.1) is 6.42 Å². The fourth-order valence-corrected chi connectivity index (χ4v) is 2.67. The summed E-state index contributed by atoms with van der Waals surface area (Å²) < 4.78 is 0. The zero-order valence-electron chi connectivity index (χ0n) is 10.1. The Balaban J connectivity index is 2.29. The third-order valence-corrected chi connectivity index (χ3v) is 3.65. The van der Waals surface area contributed by atoms with Crippen molar-refractivity contribution >= 4 is 17.7 Å². The van der Waals surface area contributed by atoms with E-state index >= 15 is 0 Å². The largest absolute Gasteiger partial charge is 0.481 e. The predicted molar refractivity (Wildman–Crippen MR) is 73.1 cm³/mol. The van der Waals surface area contributed by atoms with Crippen LogP contribution in [-0.4, -0.2) is 11.1 Å². The molecule has 0 atom stereocenters. The van der Waals surface area contributed by atoms with Gasteiger partial charge in [-0.1, -0.05) is 47.7 Å². The third-order valence-electron chi connectivity index (χ3n) is 2.53. The maximum Gasteiger partial charge on any atom is 0.307 e. The second-order valence-electron chi connectivity index (χ2n) is 4.10. The van der Waals surface area contributed by atoms with Crippen LogP contribution < -0.4 is 0 Å². The molecule has 0 aliphatic carbocycles. The summed E-state index contributed by atoms with van der Waals surface area (Å²) in [6.07, 6.45) is 0.0663. The molecule has 0 radical (unpaired) electrons. The molecule has 0 amide bonds. The SMILES string of the molecule is Cc1ccc(Sc2ccccc2)c(CC(=O)O)c1. The number of benzene rings is 2. The van der Waals surface area contributed by atoms with E-state index in [1.807, 2.05) is 55.5 Å². The van der Waals surface area contributed by atoms with Crippen LogP contribution in [0.15, 0.2) is 58.3 Å². The van der Waals surface area contributed by atoms with E-state index < -0.39 is 5.97 Å². The van der Waals surface area contributed by atoms with Crippen LogP contribution in [0.25, 0.3) is 0 Å². The quantitative estimate of drug-likeness (QED) is 0.907. The summed E-state index contributed by atoms with van der Waals surface area (Å²) in [6.45, 7) is 1.97. The van der Waals surface area contributed by atoms with Crippen molar-refractivity contribution in [3.8, 4) is 0 Å². The molecule has 2 aromatic carbocycles. The average Bonchev–Trinajstić information content (AvgIpc) is 2.33. The van der Waals surface area contributed by atoms with E-state index in [2.05, 4.69) is 0 Å². The van der Waals surface area contributed by atoms with E-state index in [0.29, 0.717) is 0 Å². The van der Waals surface area contributed by atoms with Crippen molar-refractivity contribution in [1.29, 1.82) is 0 Å². The van der Waals surface area contributed by atoms with Crippen LogP contribution in [0.4, 0.5) is 0 Å². The Kier molecular flexibility index (Phi) is 4.05. The molecule has 0 fully saturated rings. The number of aliphatic carboxylic acids is 1. The summed E-state index contributed by atoms with van der Waals surface area (Å²) in [5.41, 5.74) is 1.96. The number of aryl methyl sites for hydroxylation is 1. The van der Waals surface area contributed by atoms with Crippen molar-refractivity contribution in [2.45, 2.75) is 23.1 Å². The highest BCUT2D eigenvalue weighted by Gasteiger charge is 2.08. The van der Waals surface area contributed by atoms with Crippen molar-refractivity contribution in [3.63, 3.8) is 0 Å². The summed E-state index contributed by atoms with van der Waals surface area (Å²) >= 11 is 1.60. The van der Waals surface area contributed by atoms with Crippen LogP contribution >= 0.6 is 11.8 Å². The van der Waals surface area contributed by atoms with Gasteiger partial charge < -0.3 is 5.11 Å². The number of rotatable bonds is 4. The molecule has 92 valence electrons. The van der Waals surface area contributed by atoms with Crippen LogP contribution in [0, 0.1) is 6.92 Å². The van der Waals surface area contributed by atoms with E-state index in [1.165, 1.54) is 0 Å². The lowest BCUT2D eigenvalue weighted by atomic mass is 10.1. The summed E-state index contributed by atoms with van der Waals surface area (Å²) in [7, 11) is 0. The molecule has 0 spiro atoms. The van der Waals surface area contributed by atoms with Gasteiger partial charge in [-0.2, -0.15) is 0 Å². The molecular formula is C15H14O2S. The Morgan fingerprint density at radius 3 is 2.56 bits per heavy atom. The first-order valence-corrected chi connectivity index (χ1v) is 6.51. The fourth-order valence-electron chi connectivity index (χ4n) is 1.72. The van der Waals surface area contributed by atoms with Gasteiger partial charge in [0.1, 0.15) is 0 Å². The normalized spacial score (nSPS) is 10.3. The van der Waals surface area contributed by atoms with Crippen molar-refractivity contribution in [1.82, 2.24) is 0 Å². The molecule has 0 saturated carbocycles. The molecule has 0 heterocycles. The summed E-state index contributed by atoms with van der Waals surface area (Å²) in [5.74, 6) is -0.796. The van der Waals surface area contributed by atoms with Gasteiger partial charge in [-0.25, -0.2) is 0 Å². The van der Waals surface area contributed by atoms with E-state index in [9.17, 15) is 4.79 Å². The Morgan fingerprint density at radius 2 is 1.89 bits per heavy atom. The van der Waals surface area contributed by atoms with Crippen LogP contribution in [0.3, 0.4) is 0 Å². The molecule has 0 aliphatic rings. The van der Waals surface area contributed by atoms with Crippen molar-refractivity contribution in [3.05, 3.63) is 59.7 Å². The number of carboxylic acid groups (broad SMARTS) is 1. The lowest BCUT2D eigenvalue weighted by Gasteiger charge is -2.08. The first kappa shape index (κ1) is 12.7. The Bertz CT molecular complexity index is 550. The molecule has 18 heavy (non-hydrogen) atoms. The van der Waals surface area contributed by atoms with E-state index in [-0.39, 0.29) is 6.42 Å². The van der Waals surface area contributed by atoms with Crippen LogP contribution in [-0.2, 0) is 11.2 Å². The summed E-state index contributed by atoms with van der Waals surface area (Å²) in [4.78, 5) is 13.0. The topological polar surface area (TPSA) is 37.3 Å². The highest BCUT2D eigenvalue weighted by molar-refractivity contribution is 7.99. The Hall–Kier alpha value is -1.74. The van der Waals surface area contributed by atoms with E-state index in [1.54, 1.807) is 11.8 Å². The maximum atomic E-state index is 10.9. The molecule has 1 N–H and O–H groups in total. The number of hydrogen-bond donors (Lipinski definition) is 1. The van der Waals surface area contributed by atoms with Crippen LogP contribution in [0.2, 0.25) is 0 Å². The fraction of sp³-hybridized carbons (Fsp3) is 0.133. The number of carboxylic acids is 1. The summed E-state index contributed by atoms with van der Waals surface area (Å²) in [5, 5.41) is 8.94. The van der Waals surface area contributed by atoms with Gasteiger partial charge in [0.25, 0.3) is 0 Å². The maximum absolute atomic E-state index is 10.9. The molecule has 2 aromatic rings. The van der Waals surface area contributed by atoms with E-state index in [4.69, 9.17) is 5.11 Å².